The molecule has 0 bridgehead atoms. The minimum absolute atomic E-state index is 0.304. The SMILES string of the molecule is COc1ccc(C2C=C3CCN(c4ccc(O)cc4)C=C3S2)cc1. The lowest BCUT2D eigenvalue weighted by molar-refractivity contribution is 0.414. The molecule has 4 heteroatoms. The van der Waals surface area contributed by atoms with Gasteiger partial charge in [0.05, 0.1) is 12.4 Å². The maximum Gasteiger partial charge on any atom is 0.118 e. The Bertz CT molecular complexity index is 793. The summed E-state index contributed by atoms with van der Waals surface area (Å²) in [6.45, 7) is 0.968. The van der Waals surface area contributed by atoms with Crippen LogP contribution in [0.25, 0.3) is 0 Å². The second kappa shape index (κ2) is 6.29. The maximum atomic E-state index is 9.45. The number of rotatable bonds is 3. The van der Waals surface area contributed by atoms with E-state index in [0.29, 0.717) is 11.0 Å². The van der Waals surface area contributed by atoms with Gasteiger partial charge in [0.25, 0.3) is 0 Å². The molecule has 122 valence electrons. The van der Waals surface area contributed by atoms with Gasteiger partial charge in [-0.3, -0.25) is 0 Å². The summed E-state index contributed by atoms with van der Waals surface area (Å²) in [6, 6.07) is 15.7. The summed E-state index contributed by atoms with van der Waals surface area (Å²) in [5.41, 5.74) is 3.86. The molecule has 0 fully saturated rings. The summed E-state index contributed by atoms with van der Waals surface area (Å²) in [7, 11) is 1.69. The Morgan fingerprint density at radius 3 is 2.54 bits per heavy atom. The zero-order chi connectivity index (χ0) is 16.5. The van der Waals surface area contributed by atoms with Crippen molar-refractivity contribution < 1.29 is 9.84 Å². The maximum absolute atomic E-state index is 9.45. The van der Waals surface area contributed by atoms with E-state index in [4.69, 9.17) is 4.74 Å². The van der Waals surface area contributed by atoms with Crippen molar-refractivity contribution in [2.75, 3.05) is 18.6 Å². The van der Waals surface area contributed by atoms with E-state index in [2.05, 4.69) is 29.3 Å². The molecular formula is C20H19NO2S. The number of anilines is 1. The Kier molecular flexibility index (Phi) is 3.98. The van der Waals surface area contributed by atoms with Crippen molar-refractivity contribution in [3.63, 3.8) is 0 Å². The average Bonchev–Trinajstić information content (AvgIpc) is 3.05. The van der Waals surface area contributed by atoms with E-state index in [0.717, 1.165) is 24.4 Å². The average molecular weight is 337 g/mol. The van der Waals surface area contributed by atoms with Gasteiger partial charge < -0.3 is 14.7 Å². The summed E-state index contributed by atoms with van der Waals surface area (Å²) < 4.78 is 5.24. The highest BCUT2D eigenvalue weighted by Gasteiger charge is 2.26. The molecule has 1 N–H and O–H groups in total. The molecule has 0 spiro atoms. The van der Waals surface area contributed by atoms with Gasteiger partial charge in [0.1, 0.15) is 11.5 Å². The first kappa shape index (κ1) is 15.2. The second-order valence-electron chi connectivity index (χ2n) is 5.96. The molecule has 1 atom stereocenters. The van der Waals surface area contributed by atoms with Gasteiger partial charge in [0.15, 0.2) is 0 Å². The molecule has 3 nitrogen and oxygen atoms in total. The predicted octanol–water partition coefficient (Wildman–Crippen LogP) is 4.87. The smallest absolute Gasteiger partial charge is 0.118 e. The number of hydrogen-bond acceptors (Lipinski definition) is 4. The standard InChI is InChI=1S/C20H19NO2S/c1-23-18-8-2-14(3-9-18)19-12-15-10-11-21(13-20(15)24-19)16-4-6-17(22)7-5-16/h2-9,12-13,19,22H,10-11H2,1H3. The van der Waals surface area contributed by atoms with Crippen molar-refractivity contribution >= 4 is 17.4 Å². The lowest BCUT2D eigenvalue weighted by Crippen LogP contribution is -2.22. The minimum Gasteiger partial charge on any atom is -0.508 e. The molecule has 0 saturated carbocycles. The van der Waals surface area contributed by atoms with Crippen LogP contribution in [0.1, 0.15) is 17.2 Å². The number of hydrogen-bond donors (Lipinski definition) is 1. The van der Waals surface area contributed by atoms with Gasteiger partial charge in [-0.05, 0) is 54.0 Å². The van der Waals surface area contributed by atoms with Crippen LogP contribution < -0.4 is 9.64 Å². The van der Waals surface area contributed by atoms with Crippen molar-refractivity contribution in [2.24, 2.45) is 0 Å². The van der Waals surface area contributed by atoms with Gasteiger partial charge in [-0.25, -0.2) is 0 Å². The third kappa shape index (κ3) is 2.89. The lowest BCUT2D eigenvalue weighted by Gasteiger charge is -2.26. The number of nitrogens with zero attached hydrogens (tertiary/aromatic N) is 1. The number of thioether (sulfide) groups is 1. The molecule has 4 rings (SSSR count). The molecule has 0 aromatic heterocycles. The van der Waals surface area contributed by atoms with E-state index in [1.807, 2.05) is 36.0 Å². The Morgan fingerprint density at radius 1 is 1.08 bits per heavy atom. The fourth-order valence-corrected chi connectivity index (χ4v) is 4.39. The van der Waals surface area contributed by atoms with E-state index in [1.54, 1.807) is 19.2 Å². The highest BCUT2D eigenvalue weighted by Crippen LogP contribution is 2.49. The number of fused-ring (bicyclic) bond motifs is 1. The molecule has 1 unspecified atom stereocenters. The Balaban J connectivity index is 1.55. The number of ether oxygens (including phenoxy) is 1. The topological polar surface area (TPSA) is 32.7 Å². The van der Waals surface area contributed by atoms with Gasteiger partial charge in [-0.1, -0.05) is 18.2 Å². The quantitative estimate of drug-likeness (QED) is 0.866. The molecule has 0 saturated heterocycles. The van der Waals surface area contributed by atoms with Crippen LogP contribution in [0, 0.1) is 0 Å². The highest BCUT2D eigenvalue weighted by molar-refractivity contribution is 8.04. The van der Waals surface area contributed by atoms with Gasteiger partial charge in [-0.15, -0.1) is 11.8 Å². The fourth-order valence-electron chi connectivity index (χ4n) is 3.08. The molecule has 2 heterocycles. The normalized spacial score (nSPS) is 19.5. The van der Waals surface area contributed by atoms with Crippen LogP contribution in [0.15, 0.2) is 71.3 Å². The van der Waals surface area contributed by atoms with E-state index >= 15 is 0 Å². The van der Waals surface area contributed by atoms with Crippen molar-refractivity contribution in [3.8, 4) is 11.5 Å². The Morgan fingerprint density at radius 2 is 1.83 bits per heavy atom. The van der Waals surface area contributed by atoms with Crippen molar-refractivity contribution in [2.45, 2.75) is 11.7 Å². The summed E-state index contributed by atoms with van der Waals surface area (Å²) in [6.07, 6.45) is 5.66. The zero-order valence-corrected chi connectivity index (χ0v) is 14.3. The van der Waals surface area contributed by atoms with Gasteiger partial charge >= 0.3 is 0 Å². The Labute approximate surface area is 146 Å². The van der Waals surface area contributed by atoms with Crippen LogP contribution in [-0.4, -0.2) is 18.8 Å². The predicted molar refractivity (Wildman–Crippen MR) is 99.6 cm³/mol. The molecule has 0 aliphatic carbocycles. The third-order valence-corrected chi connectivity index (χ3v) is 5.73. The number of aromatic hydroxyl groups is 1. The van der Waals surface area contributed by atoms with Crippen LogP contribution in [0.4, 0.5) is 5.69 Å². The number of benzene rings is 2. The van der Waals surface area contributed by atoms with Crippen LogP contribution in [0.2, 0.25) is 0 Å². The number of phenols is 1. The van der Waals surface area contributed by atoms with Crippen molar-refractivity contribution in [3.05, 3.63) is 76.8 Å². The molecule has 2 aliphatic rings. The van der Waals surface area contributed by atoms with Crippen LogP contribution in [-0.2, 0) is 0 Å². The fraction of sp³-hybridized carbons (Fsp3) is 0.200. The first-order valence-electron chi connectivity index (χ1n) is 8.02. The molecule has 2 aromatic rings. The number of phenolic OH excluding ortho intramolecular Hbond substituents is 1. The van der Waals surface area contributed by atoms with Crippen LogP contribution in [0.3, 0.4) is 0 Å². The number of methoxy groups -OCH3 is 1. The van der Waals surface area contributed by atoms with Gasteiger partial charge in [-0.2, -0.15) is 0 Å². The van der Waals surface area contributed by atoms with E-state index in [9.17, 15) is 5.11 Å². The number of allylic oxidation sites excluding steroid dienone is 1. The van der Waals surface area contributed by atoms with Crippen LogP contribution >= 0.6 is 11.8 Å². The molecular weight excluding hydrogens is 318 g/mol. The van der Waals surface area contributed by atoms with E-state index in [1.165, 1.54) is 16.0 Å². The minimum atomic E-state index is 0.304. The zero-order valence-electron chi connectivity index (χ0n) is 13.5. The van der Waals surface area contributed by atoms with Gasteiger partial charge in [0.2, 0.25) is 0 Å². The summed E-state index contributed by atoms with van der Waals surface area (Å²) in [5, 5.41) is 9.82. The molecule has 24 heavy (non-hydrogen) atoms. The summed E-state index contributed by atoms with van der Waals surface area (Å²) in [4.78, 5) is 3.60. The molecule has 2 aliphatic heterocycles. The first-order valence-corrected chi connectivity index (χ1v) is 8.90. The second-order valence-corrected chi connectivity index (χ2v) is 7.14. The summed E-state index contributed by atoms with van der Waals surface area (Å²) >= 11 is 1.90. The summed E-state index contributed by atoms with van der Waals surface area (Å²) in [5.74, 6) is 1.20. The van der Waals surface area contributed by atoms with Crippen molar-refractivity contribution in [1.82, 2.24) is 0 Å². The lowest BCUT2D eigenvalue weighted by atomic mass is 10.0. The van der Waals surface area contributed by atoms with Gasteiger partial charge in [0, 0.05) is 23.3 Å². The molecule has 0 amide bonds. The molecule has 0 radical (unpaired) electrons. The third-order valence-electron chi connectivity index (χ3n) is 4.44. The first-order chi connectivity index (χ1) is 11.7. The monoisotopic (exact) mass is 337 g/mol. The van der Waals surface area contributed by atoms with E-state index in [-0.39, 0.29) is 0 Å². The highest BCUT2D eigenvalue weighted by atomic mass is 32.2. The molecule has 2 aromatic carbocycles. The van der Waals surface area contributed by atoms with Crippen LogP contribution in [0.5, 0.6) is 11.5 Å². The van der Waals surface area contributed by atoms with Crippen molar-refractivity contribution in [1.29, 1.82) is 0 Å². The Hall–Kier alpha value is -2.33. The largest absolute Gasteiger partial charge is 0.508 e. The van der Waals surface area contributed by atoms with E-state index < -0.39 is 0 Å².